The molecule has 2 aliphatic heterocycles. The number of amides is 2. The molecule has 9 heteroatoms. The average molecular weight is 494 g/mol. The lowest BCUT2D eigenvalue weighted by atomic mass is 9.92. The van der Waals surface area contributed by atoms with Crippen LogP contribution < -0.4 is 14.6 Å². The summed E-state index contributed by atoms with van der Waals surface area (Å²) in [5.41, 5.74) is 1.06. The SMILES string of the molecule is COc1ccc(C(=O)C2=NN(c3ccccc3)[C@H]3C(=O)N(c4cc(Cl)ccc4Cl)C(=O)[C@H]23)cc1. The van der Waals surface area contributed by atoms with Crippen molar-refractivity contribution in [2.45, 2.75) is 6.04 Å². The van der Waals surface area contributed by atoms with Gasteiger partial charge in [0, 0.05) is 10.6 Å². The van der Waals surface area contributed by atoms with Crippen molar-refractivity contribution in [3.63, 3.8) is 0 Å². The third-order valence-corrected chi connectivity index (χ3v) is 6.36. The molecule has 0 spiro atoms. The van der Waals surface area contributed by atoms with Crippen LogP contribution in [0.5, 0.6) is 5.75 Å². The van der Waals surface area contributed by atoms with E-state index in [2.05, 4.69) is 5.10 Å². The number of nitrogens with zero attached hydrogens (tertiary/aromatic N) is 3. The van der Waals surface area contributed by atoms with E-state index in [1.54, 1.807) is 54.6 Å². The minimum absolute atomic E-state index is 0.0157. The van der Waals surface area contributed by atoms with E-state index in [4.69, 9.17) is 27.9 Å². The monoisotopic (exact) mass is 493 g/mol. The van der Waals surface area contributed by atoms with Gasteiger partial charge in [-0.2, -0.15) is 5.10 Å². The Bertz CT molecular complexity index is 1340. The van der Waals surface area contributed by atoms with Crippen LogP contribution in [0.2, 0.25) is 10.0 Å². The maximum Gasteiger partial charge on any atom is 0.259 e. The van der Waals surface area contributed by atoms with Gasteiger partial charge in [0.1, 0.15) is 23.4 Å². The summed E-state index contributed by atoms with van der Waals surface area (Å²) in [5, 5.41) is 6.41. The van der Waals surface area contributed by atoms with E-state index in [9.17, 15) is 14.4 Å². The van der Waals surface area contributed by atoms with E-state index in [1.807, 2.05) is 6.07 Å². The second-order valence-corrected chi connectivity index (χ2v) is 8.60. The van der Waals surface area contributed by atoms with Crippen LogP contribution in [0, 0.1) is 5.92 Å². The highest BCUT2D eigenvalue weighted by atomic mass is 35.5. The van der Waals surface area contributed by atoms with E-state index in [0.717, 1.165) is 4.90 Å². The van der Waals surface area contributed by atoms with Gasteiger partial charge in [-0.25, -0.2) is 4.90 Å². The van der Waals surface area contributed by atoms with Crippen molar-refractivity contribution in [1.29, 1.82) is 0 Å². The summed E-state index contributed by atoms with van der Waals surface area (Å²) >= 11 is 12.4. The summed E-state index contributed by atoms with van der Waals surface area (Å²) in [6, 6.07) is 18.9. The zero-order valence-corrected chi connectivity index (χ0v) is 19.3. The number of benzene rings is 3. The van der Waals surface area contributed by atoms with Gasteiger partial charge >= 0.3 is 0 Å². The van der Waals surface area contributed by atoms with Crippen LogP contribution in [-0.4, -0.2) is 36.5 Å². The van der Waals surface area contributed by atoms with Gasteiger partial charge in [-0.15, -0.1) is 0 Å². The van der Waals surface area contributed by atoms with Gasteiger partial charge in [-0.1, -0.05) is 41.4 Å². The fourth-order valence-corrected chi connectivity index (χ4v) is 4.55. The van der Waals surface area contributed by atoms with Crippen molar-refractivity contribution in [3.05, 3.63) is 88.4 Å². The summed E-state index contributed by atoms with van der Waals surface area (Å²) in [5.74, 6) is -2.08. The molecule has 2 heterocycles. The highest BCUT2D eigenvalue weighted by molar-refractivity contribution is 6.53. The standard InChI is InChI=1S/C25H17Cl2N3O4/c1-34-17-10-7-14(8-11-17)23(31)21-20-22(30(28-21)16-5-3-2-4-6-16)25(33)29(24(20)32)19-13-15(26)9-12-18(19)27/h2-13,20,22H,1H3/t20-,22-/m1/s1. The van der Waals surface area contributed by atoms with Gasteiger partial charge in [-0.05, 0) is 54.6 Å². The number of hydrogen-bond acceptors (Lipinski definition) is 6. The maximum atomic E-state index is 13.6. The number of ether oxygens (including phenoxy) is 1. The maximum absolute atomic E-state index is 13.6. The molecule has 0 aromatic heterocycles. The Morgan fingerprint density at radius 2 is 1.65 bits per heavy atom. The Labute approximate surface area is 205 Å². The normalized spacial score (nSPS) is 19.3. The van der Waals surface area contributed by atoms with E-state index >= 15 is 0 Å². The van der Waals surface area contributed by atoms with E-state index in [1.165, 1.54) is 24.3 Å². The fourth-order valence-electron chi connectivity index (χ4n) is 4.18. The second kappa shape index (κ2) is 8.59. The summed E-state index contributed by atoms with van der Waals surface area (Å²) in [7, 11) is 1.53. The van der Waals surface area contributed by atoms with Crippen LogP contribution in [0.4, 0.5) is 11.4 Å². The van der Waals surface area contributed by atoms with Crippen molar-refractivity contribution in [1.82, 2.24) is 0 Å². The van der Waals surface area contributed by atoms with Gasteiger partial charge in [0.2, 0.25) is 11.7 Å². The molecule has 1 fully saturated rings. The first-order valence-corrected chi connectivity index (χ1v) is 11.1. The van der Waals surface area contributed by atoms with Crippen LogP contribution in [0.15, 0.2) is 77.9 Å². The molecule has 0 unspecified atom stereocenters. The molecule has 5 rings (SSSR count). The number of hydrazone groups is 1. The molecular weight excluding hydrogens is 477 g/mol. The van der Waals surface area contributed by atoms with Crippen molar-refractivity contribution in [2.75, 3.05) is 17.0 Å². The number of ketones is 1. The van der Waals surface area contributed by atoms with Gasteiger partial charge in [-0.3, -0.25) is 19.4 Å². The van der Waals surface area contributed by atoms with Gasteiger partial charge in [0.15, 0.2) is 0 Å². The number of rotatable bonds is 5. The minimum atomic E-state index is -1.10. The van der Waals surface area contributed by atoms with Crippen molar-refractivity contribution in [2.24, 2.45) is 11.0 Å². The molecular formula is C25H17Cl2N3O4. The highest BCUT2D eigenvalue weighted by Crippen LogP contribution is 2.41. The van der Waals surface area contributed by atoms with Crippen LogP contribution in [0.25, 0.3) is 0 Å². The lowest BCUT2D eigenvalue weighted by Crippen LogP contribution is -2.39. The third-order valence-electron chi connectivity index (χ3n) is 5.80. The molecule has 2 aliphatic rings. The van der Waals surface area contributed by atoms with Crippen LogP contribution in [0.3, 0.4) is 0 Å². The summed E-state index contributed by atoms with van der Waals surface area (Å²) in [6.07, 6.45) is 0. The first-order valence-electron chi connectivity index (χ1n) is 10.3. The third kappa shape index (κ3) is 3.54. The van der Waals surface area contributed by atoms with Gasteiger partial charge in [0.25, 0.3) is 5.91 Å². The molecule has 170 valence electrons. The first-order chi connectivity index (χ1) is 16.4. The average Bonchev–Trinajstić information content (AvgIpc) is 3.37. The largest absolute Gasteiger partial charge is 0.497 e. The van der Waals surface area contributed by atoms with Crippen LogP contribution in [0.1, 0.15) is 10.4 Å². The van der Waals surface area contributed by atoms with E-state index in [-0.39, 0.29) is 16.4 Å². The Kier molecular flexibility index (Phi) is 5.59. The van der Waals surface area contributed by atoms with Gasteiger partial charge < -0.3 is 4.74 Å². The Morgan fingerprint density at radius 1 is 0.941 bits per heavy atom. The quantitative estimate of drug-likeness (QED) is 0.382. The lowest BCUT2D eigenvalue weighted by molar-refractivity contribution is -0.121. The van der Waals surface area contributed by atoms with Crippen LogP contribution >= 0.6 is 23.2 Å². The summed E-state index contributed by atoms with van der Waals surface area (Å²) in [6.45, 7) is 0. The van der Waals surface area contributed by atoms with Crippen molar-refractivity contribution in [3.8, 4) is 5.75 Å². The number of fused-ring (bicyclic) bond motifs is 1. The molecule has 2 atom stereocenters. The molecule has 3 aromatic carbocycles. The number of halogens is 2. The highest BCUT2D eigenvalue weighted by Gasteiger charge is 2.58. The molecule has 34 heavy (non-hydrogen) atoms. The molecule has 0 bridgehead atoms. The predicted octanol–water partition coefficient (Wildman–Crippen LogP) is 4.62. The smallest absolute Gasteiger partial charge is 0.259 e. The van der Waals surface area contributed by atoms with E-state index in [0.29, 0.717) is 22.0 Å². The number of para-hydroxylation sites is 1. The number of anilines is 2. The topological polar surface area (TPSA) is 79.3 Å². The predicted molar refractivity (Wildman–Crippen MR) is 130 cm³/mol. The zero-order valence-electron chi connectivity index (χ0n) is 17.8. The molecule has 0 radical (unpaired) electrons. The van der Waals surface area contributed by atoms with Crippen LogP contribution in [-0.2, 0) is 9.59 Å². The zero-order chi connectivity index (χ0) is 24.0. The molecule has 7 nitrogen and oxygen atoms in total. The summed E-state index contributed by atoms with van der Waals surface area (Å²) < 4.78 is 5.16. The first kappa shape index (κ1) is 22.1. The number of carbonyl (C=O) groups is 3. The number of hydrogen-bond donors (Lipinski definition) is 0. The molecule has 0 saturated carbocycles. The Morgan fingerprint density at radius 3 is 2.32 bits per heavy atom. The molecule has 2 amide bonds. The molecule has 3 aromatic rings. The second-order valence-electron chi connectivity index (χ2n) is 7.75. The fraction of sp³-hybridized carbons (Fsp3) is 0.120. The number of imide groups is 1. The Balaban J connectivity index is 1.61. The van der Waals surface area contributed by atoms with Crippen molar-refractivity contribution >= 4 is 57.9 Å². The van der Waals surface area contributed by atoms with E-state index < -0.39 is 29.6 Å². The minimum Gasteiger partial charge on any atom is -0.497 e. The molecule has 0 aliphatic carbocycles. The van der Waals surface area contributed by atoms with Crippen molar-refractivity contribution < 1.29 is 19.1 Å². The summed E-state index contributed by atoms with van der Waals surface area (Å²) in [4.78, 5) is 41.7. The molecule has 0 N–H and O–H groups in total. The number of carbonyl (C=O) groups excluding carboxylic acids is 3. The lowest BCUT2D eigenvalue weighted by Gasteiger charge is -2.22. The molecule has 1 saturated heterocycles. The Hall–Kier alpha value is -3.68. The number of Topliss-reactive ketones (excluding diaryl/α,β-unsaturated/α-hetero) is 1. The van der Waals surface area contributed by atoms with Gasteiger partial charge in [0.05, 0.1) is 23.5 Å². The number of methoxy groups -OCH3 is 1.